The lowest BCUT2D eigenvalue weighted by molar-refractivity contribution is -0.274. The summed E-state index contributed by atoms with van der Waals surface area (Å²) in [4.78, 5) is 14.4. The highest BCUT2D eigenvalue weighted by molar-refractivity contribution is 5.84. The maximum Gasteiger partial charge on any atom is 0.573 e. The molecule has 2 aliphatic heterocycles. The number of aryl methyl sites for hydroxylation is 1. The average Bonchev–Trinajstić information content (AvgIpc) is 2.93. The SMILES string of the molecule is Cc1ncccc1Nc1cc2nc3ccccc3n(-c3cccc(OC(F)(F)F)c3)c-2cc1=NC1CCOCC1. The van der Waals surface area contributed by atoms with Gasteiger partial charge in [-0.05, 0) is 68.3 Å². The van der Waals surface area contributed by atoms with Crippen LogP contribution in [0.2, 0.25) is 0 Å². The number of rotatable bonds is 5. The Kier molecular flexibility index (Phi) is 6.85. The molecule has 204 valence electrons. The summed E-state index contributed by atoms with van der Waals surface area (Å²) in [6.07, 6.45) is -1.46. The van der Waals surface area contributed by atoms with E-state index in [0.29, 0.717) is 35.8 Å². The van der Waals surface area contributed by atoms with Gasteiger partial charge in [0.2, 0.25) is 0 Å². The molecule has 0 amide bonds. The lowest BCUT2D eigenvalue weighted by atomic mass is 10.1. The maximum absolute atomic E-state index is 13.0. The van der Waals surface area contributed by atoms with E-state index in [9.17, 15) is 13.2 Å². The molecule has 1 aliphatic carbocycles. The van der Waals surface area contributed by atoms with E-state index in [-0.39, 0.29) is 11.8 Å². The summed E-state index contributed by atoms with van der Waals surface area (Å²) in [5.41, 5.74) is 5.72. The summed E-state index contributed by atoms with van der Waals surface area (Å²) in [5, 5.41) is 4.20. The standard InChI is InChI=1S/C30H26F3N5O2/c1-19-23(9-5-13-34-19)36-25-17-27-29(18-26(25)35-20-11-14-39-15-12-20)38(28-10-3-2-8-24(28)37-27)21-6-4-7-22(16-21)40-30(31,32)33/h2-10,13,16-18,20,36H,11-12,14-15H2,1H3. The number of aromatic nitrogens is 3. The lowest BCUT2D eigenvalue weighted by Gasteiger charge is -2.22. The van der Waals surface area contributed by atoms with Gasteiger partial charge in [0.25, 0.3) is 0 Å². The van der Waals surface area contributed by atoms with E-state index in [1.807, 2.05) is 60.0 Å². The predicted octanol–water partition coefficient (Wildman–Crippen LogP) is 6.56. The van der Waals surface area contributed by atoms with E-state index < -0.39 is 6.36 Å². The molecule has 10 heteroatoms. The fraction of sp³-hybridized carbons (Fsp3) is 0.233. The van der Waals surface area contributed by atoms with E-state index in [1.165, 1.54) is 12.1 Å². The van der Waals surface area contributed by atoms with Gasteiger partial charge in [-0.3, -0.25) is 9.98 Å². The van der Waals surface area contributed by atoms with E-state index in [4.69, 9.17) is 14.7 Å². The number of hydrogen-bond acceptors (Lipinski definition) is 6. The third-order valence-electron chi connectivity index (χ3n) is 6.80. The second-order valence-corrected chi connectivity index (χ2v) is 9.57. The van der Waals surface area contributed by atoms with Gasteiger partial charge in [-0.15, -0.1) is 13.2 Å². The quantitative estimate of drug-likeness (QED) is 0.254. The Morgan fingerprint density at radius 3 is 2.60 bits per heavy atom. The number of para-hydroxylation sites is 2. The van der Waals surface area contributed by atoms with Crippen molar-refractivity contribution in [1.82, 2.24) is 14.5 Å². The summed E-state index contributed by atoms with van der Waals surface area (Å²) in [5.74, 6) is -0.302. The molecule has 3 heterocycles. The van der Waals surface area contributed by atoms with Gasteiger partial charge >= 0.3 is 6.36 Å². The molecule has 40 heavy (non-hydrogen) atoms. The van der Waals surface area contributed by atoms with Crippen LogP contribution < -0.4 is 15.4 Å². The Labute approximate surface area is 228 Å². The van der Waals surface area contributed by atoms with Crippen LogP contribution in [0.1, 0.15) is 18.5 Å². The topological polar surface area (TPSA) is 73.6 Å². The van der Waals surface area contributed by atoms with Crippen molar-refractivity contribution in [2.45, 2.75) is 32.2 Å². The number of nitrogens with one attached hydrogen (secondary N) is 1. The van der Waals surface area contributed by atoms with Crippen molar-refractivity contribution in [3.8, 4) is 22.8 Å². The Morgan fingerprint density at radius 1 is 0.975 bits per heavy atom. The Balaban J connectivity index is 1.60. The van der Waals surface area contributed by atoms with Gasteiger partial charge < -0.3 is 19.4 Å². The van der Waals surface area contributed by atoms with Gasteiger partial charge in [0.05, 0.1) is 50.9 Å². The van der Waals surface area contributed by atoms with Crippen LogP contribution in [0.4, 0.5) is 24.5 Å². The number of hydrogen-bond donors (Lipinski definition) is 1. The summed E-state index contributed by atoms with van der Waals surface area (Å²) >= 11 is 0. The van der Waals surface area contributed by atoms with Crippen LogP contribution in [0.25, 0.3) is 28.1 Å². The minimum absolute atomic E-state index is 0.0760. The van der Waals surface area contributed by atoms with Crippen LogP contribution in [-0.2, 0) is 4.74 Å². The smallest absolute Gasteiger partial charge is 0.406 e. The first kappa shape index (κ1) is 25.8. The number of halogens is 3. The zero-order valence-electron chi connectivity index (χ0n) is 21.7. The number of anilines is 2. The average molecular weight is 546 g/mol. The third-order valence-corrected chi connectivity index (χ3v) is 6.80. The van der Waals surface area contributed by atoms with E-state index >= 15 is 0 Å². The van der Waals surface area contributed by atoms with Crippen LogP contribution in [0.5, 0.6) is 5.75 Å². The van der Waals surface area contributed by atoms with E-state index in [0.717, 1.165) is 40.8 Å². The van der Waals surface area contributed by atoms with Crippen molar-refractivity contribution < 1.29 is 22.6 Å². The molecule has 0 radical (unpaired) electrons. The summed E-state index contributed by atoms with van der Waals surface area (Å²) in [6, 6.07) is 21.2. The van der Waals surface area contributed by atoms with E-state index in [2.05, 4.69) is 15.0 Å². The highest BCUT2D eigenvalue weighted by Gasteiger charge is 2.31. The zero-order valence-corrected chi connectivity index (χ0v) is 21.7. The molecule has 3 aliphatic rings. The lowest BCUT2D eigenvalue weighted by Crippen LogP contribution is -2.23. The molecule has 0 atom stereocenters. The number of nitrogens with zero attached hydrogens (tertiary/aromatic N) is 4. The van der Waals surface area contributed by atoms with Gasteiger partial charge in [0, 0.05) is 31.2 Å². The molecule has 7 nitrogen and oxygen atoms in total. The largest absolute Gasteiger partial charge is 0.573 e. The van der Waals surface area contributed by atoms with Crippen LogP contribution in [0.3, 0.4) is 0 Å². The Bertz CT molecular complexity index is 1710. The molecule has 0 bridgehead atoms. The molecule has 0 saturated carbocycles. The van der Waals surface area contributed by atoms with Crippen molar-refractivity contribution >= 4 is 22.4 Å². The monoisotopic (exact) mass is 545 g/mol. The minimum Gasteiger partial charge on any atom is -0.406 e. The number of alkyl halides is 3. The van der Waals surface area contributed by atoms with Gasteiger partial charge in [-0.25, -0.2) is 4.98 Å². The number of pyridine rings is 1. The molecule has 6 rings (SSSR count). The van der Waals surface area contributed by atoms with Gasteiger partial charge in [0.15, 0.2) is 0 Å². The third kappa shape index (κ3) is 5.48. The first-order valence-electron chi connectivity index (χ1n) is 13.0. The molecule has 1 aromatic heterocycles. The number of benzene rings is 3. The molecule has 0 unspecified atom stereocenters. The minimum atomic E-state index is -4.80. The number of ether oxygens (including phenoxy) is 2. The summed E-state index contributed by atoms with van der Waals surface area (Å²) in [6.45, 7) is 3.21. The highest BCUT2D eigenvalue weighted by Crippen LogP contribution is 2.33. The molecule has 1 saturated heterocycles. The molecule has 3 aromatic rings. The predicted molar refractivity (Wildman–Crippen MR) is 146 cm³/mol. The first-order valence-corrected chi connectivity index (χ1v) is 13.0. The van der Waals surface area contributed by atoms with Crippen molar-refractivity contribution in [1.29, 1.82) is 0 Å². The van der Waals surface area contributed by atoms with Crippen LogP contribution >= 0.6 is 0 Å². The molecular weight excluding hydrogens is 519 g/mol. The molecule has 1 fully saturated rings. The van der Waals surface area contributed by atoms with Gasteiger partial charge in [-0.2, -0.15) is 0 Å². The van der Waals surface area contributed by atoms with E-state index in [1.54, 1.807) is 18.3 Å². The number of fused-ring (bicyclic) bond motifs is 2. The van der Waals surface area contributed by atoms with Crippen molar-refractivity contribution in [2.24, 2.45) is 4.99 Å². The second kappa shape index (κ2) is 10.6. The molecule has 2 aromatic carbocycles. The Hall–Kier alpha value is -4.44. The van der Waals surface area contributed by atoms with Crippen LogP contribution in [-0.4, -0.2) is 40.2 Å². The molecule has 1 N–H and O–H groups in total. The van der Waals surface area contributed by atoms with Crippen molar-refractivity contribution in [3.05, 3.63) is 90.0 Å². The van der Waals surface area contributed by atoms with Crippen LogP contribution in [0, 0.1) is 6.92 Å². The zero-order chi connectivity index (χ0) is 27.7. The summed E-state index contributed by atoms with van der Waals surface area (Å²) < 4.78 is 50.8. The van der Waals surface area contributed by atoms with Crippen molar-refractivity contribution in [3.63, 3.8) is 0 Å². The molecule has 0 spiro atoms. The fourth-order valence-electron chi connectivity index (χ4n) is 4.92. The Morgan fingerprint density at radius 2 is 1.80 bits per heavy atom. The second-order valence-electron chi connectivity index (χ2n) is 9.57. The first-order chi connectivity index (χ1) is 19.3. The van der Waals surface area contributed by atoms with Crippen molar-refractivity contribution in [2.75, 3.05) is 18.5 Å². The molecular formula is C30H26F3N5O2. The van der Waals surface area contributed by atoms with Gasteiger partial charge in [-0.1, -0.05) is 18.2 Å². The maximum atomic E-state index is 13.0. The highest BCUT2D eigenvalue weighted by atomic mass is 19.4. The normalized spacial score (nSPS) is 15.1. The van der Waals surface area contributed by atoms with Gasteiger partial charge in [0.1, 0.15) is 5.75 Å². The van der Waals surface area contributed by atoms with Crippen LogP contribution in [0.15, 0.2) is 84.0 Å². The summed E-state index contributed by atoms with van der Waals surface area (Å²) in [7, 11) is 0. The fourth-order valence-corrected chi connectivity index (χ4v) is 4.92.